The minimum atomic E-state index is -0.427. The van der Waals surface area contributed by atoms with E-state index in [1.807, 2.05) is 13.8 Å². The van der Waals surface area contributed by atoms with Crippen LogP contribution in [0.2, 0.25) is 5.02 Å². The molecule has 2 nitrogen and oxygen atoms in total. The van der Waals surface area contributed by atoms with E-state index in [1.54, 1.807) is 6.07 Å². The average Bonchev–Trinajstić information content (AvgIpc) is 2.20. The minimum absolute atomic E-state index is 0.0338. The van der Waals surface area contributed by atoms with Gasteiger partial charge in [-0.2, -0.15) is 0 Å². The summed E-state index contributed by atoms with van der Waals surface area (Å²) in [4.78, 5) is 0. The van der Waals surface area contributed by atoms with Crippen LogP contribution in [0.3, 0.4) is 0 Å². The van der Waals surface area contributed by atoms with E-state index >= 15 is 0 Å². The summed E-state index contributed by atoms with van der Waals surface area (Å²) in [6, 6.07) is 4.36. The summed E-state index contributed by atoms with van der Waals surface area (Å²) in [5, 5.41) is 3.25. The molecule has 0 saturated heterocycles. The Morgan fingerprint density at radius 1 is 1.53 bits per heavy atom. The summed E-state index contributed by atoms with van der Waals surface area (Å²) in [7, 11) is 0. The van der Waals surface area contributed by atoms with E-state index in [1.165, 1.54) is 12.1 Å². The van der Waals surface area contributed by atoms with Crippen LogP contribution in [0.5, 0.6) is 5.75 Å². The fourth-order valence-electron chi connectivity index (χ4n) is 1.17. The third-order valence-corrected chi connectivity index (χ3v) is 2.20. The number of hydrogen-bond acceptors (Lipinski definition) is 2. The molecule has 0 aliphatic rings. The first-order valence-corrected chi connectivity index (χ1v) is 5.33. The summed E-state index contributed by atoms with van der Waals surface area (Å²) >= 11 is 5.63. The number of ether oxygens (including phenoxy) is 1. The highest BCUT2D eigenvalue weighted by molar-refractivity contribution is 6.30. The van der Waals surface area contributed by atoms with E-state index < -0.39 is 5.82 Å². The van der Waals surface area contributed by atoms with Crippen LogP contribution in [0, 0.1) is 5.82 Å². The van der Waals surface area contributed by atoms with Crippen molar-refractivity contribution in [2.24, 2.45) is 0 Å². The topological polar surface area (TPSA) is 21.3 Å². The predicted molar refractivity (Wildman–Crippen MR) is 60.0 cm³/mol. The maximum atomic E-state index is 12.8. The normalized spacial score (nSPS) is 12.5. The van der Waals surface area contributed by atoms with E-state index in [9.17, 15) is 4.39 Å². The molecule has 1 rings (SSSR count). The van der Waals surface area contributed by atoms with Crippen molar-refractivity contribution in [1.29, 1.82) is 0 Å². The first-order valence-electron chi connectivity index (χ1n) is 4.96. The van der Waals surface area contributed by atoms with Crippen molar-refractivity contribution in [3.63, 3.8) is 0 Å². The second-order valence-electron chi connectivity index (χ2n) is 3.31. The van der Waals surface area contributed by atoms with Gasteiger partial charge in [0.25, 0.3) is 0 Å². The lowest BCUT2D eigenvalue weighted by atomic mass is 10.3. The number of likely N-dealkylation sites (N-methyl/N-ethyl adjacent to an activating group) is 1. The van der Waals surface area contributed by atoms with Gasteiger partial charge >= 0.3 is 0 Å². The molecule has 1 unspecified atom stereocenters. The van der Waals surface area contributed by atoms with E-state index in [2.05, 4.69) is 5.32 Å². The minimum Gasteiger partial charge on any atom is -0.489 e. The van der Waals surface area contributed by atoms with Crippen LogP contribution in [0.1, 0.15) is 13.8 Å². The monoisotopic (exact) mass is 231 g/mol. The number of halogens is 2. The zero-order chi connectivity index (χ0) is 11.3. The molecule has 0 fully saturated rings. The van der Waals surface area contributed by atoms with Gasteiger partial charge in [-0.15, -0.1) is 0 Å². The molecule has 0 radical (unpaired) electrons. The molecule has 0 aromatic heterocycles. The molecule has 84 valence electrons. The molecule has 0 saturated carbocycles. The smallest absolute Gasteiger partial charge is 0.142 e. The Bertz CT molecular complexity index is 319. The molecule has 1 aromatic rings. The van der Waals surface area contributed by atoms with Crippen LogP contribution in [-0.4, -0.2) is 19.2 Å². The Morgan fingerprint density at radius 2 is 2.27 bits per heavy atom. The van der Waals surface area contributed by atoms with E-state index in [-0.39, 0.29) is 11.1 Å². The van der Waals surface area contributed by atoms with Gasteiger partial charge in [-0.1, -0.05) is 18.5 Å². The van der Waals surface area contributed by atoms with Gasteiger partial charge in [-0.3, -0.25) is 0 Å². The summed E-state index contributed by atoms with van der Waals surface area (Å²) in [5.41, 5.74) is 0. The van der Waals surface area contributed by atoms with Crippen LogP contribution in [-0.2, 0) is 0 Å². The van der Waals surface area contributed by atoms with Gasteiger partial charge in [-0.05, 0) is 25.6 Å². The van der Waals surface area contributed by atoms with Crippen molar-refractivity contribution in [1.82, 2.24) is 5.32 Å². The van der Waals surface area contributed by atoms with Crippen molar-refractivity contribution >= 4 is 11.6 Å². The van der Waals surface area contributed by atoms with Gasteiger partial charge in [-0.25, -0.2) is 4.39 Å². The lowest BCUT2D eigenvalue weighted by Crippen LogP contribution is -2.28. The SMILES string of the molecule is CCNCC(C)Oc1ccc(F)c(Cl)c1. The summed E-state index contributed by atoms with van der Waals surface area (Å²) < 4.78 is 18.4. The molecule has 0 bridgehead atoms. The second-order valence-corrected chi connectivity index (χ2v) is 3.72. The molecule has 15 heavy (non-hydrogen) atoms. The van der Waals surface area contributed by atoms with Crippen LogP contribution in [0.4, 0.5) is 4.39 Å². The summed E-state index contributed by atoms with van der Waals surface area (Å²) in [6.45, 7) is 5.63. The molecular weight excluding hydrogens is 217 g/mol. The Balaban J connectivity index is 2.53. The molecule has 0 amide bonds. The molecule has 1 aromatic carbocycles. The van der Waals surface area contributed by atoms with Gasteiger partial charge in [0, 0.05) is 12.6 Å². The van der Waals surface area contributed by atoms with E-state index in [0.29, 0.717) is 5.75 Å². The second kappa shape index (κ2) is 5.93. The third-order valence-electron chi connectivity index (χ3n) is 1.91. The van der Waals surface area contributed by atoms with E-state index in [4.69, 9.17) is 16.3 Å². The number of benzene rings is 1. The third kappa shape index (κ3) is 4.06. The molecule has 1 N–H and O–H groups in total. The van der Waals surface area contributed by atoms with Crippen LogP contribution < -0.4 is 10.1 Å². The van der Waals surface area contributed by atoms with Gasteiger partial charge < -0.3 is 10.1 Å². The summed E-state index contributed by atoms with van der Waals surface area (Å²) in [5.74, 6) is 0.162. The van der Waals surface area contributed by atoms with Crippen molar-refractivity contribution in [2.45, 2.75) is 20.0 Å². The van der Waals surface area contributed by atoms with Crippen molar-refractivity contribution in [3.8, 4) is 5.75 Å². The fraction of sp³-hybridized carbons (Fsp3) is 0.455. The molecule has 0 spiro atoms. The van der Waals surface area contributed by atoms with Crippen molar-refractivity contribution < 1.29 is 9.13 Å². The number of hydrogen-bond donors (Lipinski definition) is 1. The predicted octanol–water partition coefficient (Wildman–Crippen LogP) is 2.86. The molecule has 0 aliphatic heterocycles. The van der Waals surface area contributed by atoms with Crippen molar-refractivity contribution in [2.75, 3.05) is 13.1 Å². The maximum absolute atomic E-state index is 12.8. The largest absolute Gasteiger partial charge is 0.489 e. The molecule has 0 aliphatic carbocycles. The van der Waals surface area contributed by atoms with E-state index in [0.717, 1.165) is 13.1 Å². The van der Waals surface area contributed by atoms with Gasteiger partial charge in [0.15, 0.2) is 0 Å². The average molecular weight is 232 g/mol. The van der Waals surface area contributed by atoms with Gasteiger partial charge in [0.2, 0.25) is 0 Å². The molecular formula is C11H15ClFNO. The van der Waals surface area contributed by atoms with Crippen LogP contribution >= 0.6 is 11.6 Å². The lowest BCUT2D eigenvalue weighted by Gasteiger charge is -2.15. The zero-order valence-corrected chi connectivity index (χ0v) is 9.64. The Morgan fingerprint density at radius 3 is 2.87 bits per heavy atom. The molecule has 0 heterocycles. The first kappa shape index (κ1) is 12.3. The highest BCUT2D eigenvalue weighted by Gasteiger charge is 2.05. The lowest BCUT2D eigenvalue weighted by molar-refractivity contribution is 0.218. The van der Waals surface area contributed by atoms with Crippen LogP contribution in [0.25, 0.3) is 0 Å². The Hall–Kier alpha value is -0.800. The Kier molecular flexibility index (Phi) is 4.85. The number of nitrogens with one attached hydrogen (secondary N) is 1. The Labute approximate surface area is 94.4 Å². The zero-order valence-electron chi connectivity index (χ0n) is 8.89. The fourth-order valence-corrected chi connectivity index (χ4v) is 1.34. The van der Waals surface area contributed by atoms with Gasteiger partial charge in [0.1, 0.15) is 17.7 Å². The van der Waals surface area contributed by atoms with Crippen LogP contribution in [0.15, 0.2) is 18.2 Å². The number of rotatable bonds is 5. The quantitative estimate of drug-likeness (QED) is 0.842. The standard InChI is InChI=1S/C11H15ClFNO/c1-3-14-7-8(2)15-9-4-5-11(13)10(12)6-9/h4-6,8,14H,3,7H2,1-2H3. The highest BCUT2D eigenvalue weighted by Crippen LogP contribution is 2.21. The van der Waals surface area contributed by atoms with Crippen molar-refractivity contribution in [3.05, 3.63) is 29.0 Å². The first-order chi connectivity index (χ1) is 7.13. The summed E-state index contributed by atoms with van der Waals surface area (Å²) in [6.07, 6.45) is 0.0338. The highest BCUT2D eigenvalue weighted by atomic mass is 35.5. The maximum Gasteiger partial charge on any atom is 0.142 e. The van der Waals surface area contributed by atoms with Gasteiger partial charge in [0.05, 0.1) is 5.02 Å². The molecule has 4 heteroatoms. The molecule has 1 atom stereocenters.